The molecule has 8 heteroatoms. The highest BCUT2D eigenvalue weighted by Gasteiger charge is 2.32. The van der Waals surface area contributed by atoms with Crippen LogP contribution in [-0.2, 0) is 13.1 Å². The van der Waals surface area contributed by atoms with E-state index in [0.29, 0.717) is 18.4 Å². The zero-order chi connectivity index (χ0) is 19.8. The number of aromatic nitrogens is 3. The minimum absolute atomic E-state index is 0.111. The predicted octanol–water partition coefficient (Wildman–Crippen LogP) is 0.672. The molecule has 29 heavy (non-hydrogen) atoms. The Balaban J connectivity index is 1.23. The lowest BCUT2D eigenvalue weighted by molar-refractivity contribution is 0.0905. The average Bonchev–Trinajstić information content (AvgIpc) is 3.23. The van der Waals surface area contributed by atoms with Crippen LogP contribution in [0.2, 0.25) is 0 Å². The van der Waals surface area contributed by atoms with E-state index in [2.05, 4.69) is 25.5 Å². The lowest BCUT2D eigenvalue weighted by Crippen LogP contribution is -2.48. The van der Waals surface area contributed by atoms with Gasteiger partial charge in [0, 0.05) is 56.2 Å². The molecule has 0 radical (unpaired) electrons. The molecule has 2 fully saturated rings. The fourth-order valence-electron chi connectivity index (χ4n) is 5.06. The molecule has 2 aromatic heterocycles. The van der Waals surface area contributed by atoms with E-state index in [0.717, 1.165) is 63.5 Å². The molecule has 0 aliphatic carbocycles. The maximum atomic E-state index is 13.0. The largest absolute Gasteiger partial charge is 0.349 e. The third-order valence-electron chi connectivity index (χ3n) is 6.60. The van der Waals surface area contributed by atoms with E-state index in [1.165, 1.54) is 0 Å². The maximum Gasteiger partial charge on any atom is 0.263 e. The van der Waals surface area contributed by atoms with Crippen LogP contribution in [-0.4, -0.2) is 57.6 Å². The van der Waals surface area contributed by atoms with Crippen molar-refractivity contribution < 1.29 is 4.79 Å². The second kappa shape index (κ2) is 7.76. The minimum Gasteiger partial charge on any atom is -0.349 e. The first-order valence-electron chi connectivity index (χ1n) is 10.6. The van der Waals surface area contributed by atoms with Crippen LogP contribution >= 0.6 is 0 Å². The van der Waals surface area contributed by atoms with E-state index >= 15 is 0 Å². The van der Waals surface area contributed by atoms with Gasteiger partial charge in [-0.3, -0.25) is 14.5 Å². The Morgan fingerprint density at radius 2 is 2.10 bits per heavy atom. The van der Waals surface area contributed by atoms with Crippen LogP contribution in [0.25, 0.3) is 0 Å². The van der Waals surface area contributed by atoms with Crippen LogP contribution in [0, 0.1) is 5.92 Å². The summed E-state index contributed by atoms with van der Waals surface area (Å²) in [6.45, 7) is 5.20. The van der Waals surface area contributed by atoms with Crippen molar-refractivity contribution in [2.24, 2.45) is 5.92 Å². The van der Waals surface area contributed by atoms with Gasteiger partial charge in [-0.05, 0) is 43.9 Å². The SMILES string of the molecule is O=C(NC1CCN(Cc2ncc[nH]2)CC1)c1ccc2n(c1=O)C[C@@H]1CNC[C@H]2C1. The molecule has 2 aromatic rings. The van der Waals surface area contributed by atoms with Crippen LogP contribution in [0.1, 0.15) is 47.1 Å². The van der Waals surface area contributed by atoms with Crippen molar-refractivity contribution >= 4 is 5.91 Å². The summed E-state index contributed by atoms with van der Waals surface area (Å²) in [6.07, 6.45) is 6.50. The predicted molar refractivity (Wildman–Crippen MR) is 109 cm³/mol. The van der Waals surface area contributed by atoms with Crippen LogP contribution in [0.3, 0.4) is 0 Å². The second-order valence-electron chi connectivity index (χ2n) is 8.60. The molecule has 5 heterocycles. The van der Waals surface area contributed by atoms with Gasteiger partial charge in [-0.2, -0.15) is 0 Å². The molecule has 2 saturated heterocycles. The molecule has 2 atom stereocenters. The quantitative estimate of drug-likeness (QED) is 0.706. The third kappa shape index (κ3) is 3.74. The van der Waals surface area contributed by atoms with E-state index in [1.807, 2.05) is 16.8 Å². The zero-order valence-corrected chi connectivity index (χ0v) is 16.6. The molecular weight excluding hydrogens is 368 g/mol. The van der Waals surface area contributed by atoms with Gasteiger partial charge in [-0.15, -0.1) is 0 Å². The van der Waals surface area contributed by atoms with Gasteiger partial charge in [0.15, 0.2) is 0 Å². The van der Waals surface area contributed by atoms with Crippen LogP contribution in [0.5, 0.6) is 0 Å². The van der Waals surface area contributed by atoms with E-state index in [-0.39, 0.29) is 23.1 Å². The van der Waals surface area contributed by atoms with Crippen molar-refractivity contribution in [1.29, 1.82) is 0 Å². The lowest BCUT2D eigenvalue weighted by atomic mass is 9.84. The van der Waals surface area contributed by atoms with Gasteiger partial charge in [-0.25, -0.2) is 4.98 Å². The summed E-state index contributed by atoms with van der Waals surface area (Å²) in [5.74, 6) is 1.60. The number of rotatable bonds is 4. The molecule has 2 bridgehead atoms. The van der Waals surface area contributed by atoms with E-state index in [1.54, 1.807) is 12.3 Å². The number of carbonyl (C=O) groups excluding carboxylic acids is 1. The van der Waals surface area contributed by atoms with Gasteiger partial charge in [0.25, 0.3) is 11.5 Å². The van der Waals surface area contributed by atoms with Crippen LogP contribution in [0.15, 0.2) is 29.3 Å². The Kier molecular flexibility index (Phi) is 4.97. The summed E-state index contributed by atoms with van der Waals surface area (Å²) in [6, 6.07) is 3.82. The summed E-state index contributed by atoms with van der Waals surface area (Å²) in [5, 5.41) is 6.55. The molecule has 5 rings (SSSR count). The second-order valence-corrected chi connectivity index (χ2v) is 8.60. The van der Waals surface area contributed by atoms with Gasteiger partial charge in [0.05, 0.1) is 6.54 Å². The highest BCUT2D eigenvalue weighted by atomic mass is 16.2. The van der Waals surface area contributed by atoms with Crippen molar-refractivity contribution in [3.05, 3.63) is 52.0 Å². The van der Waals surface area contributed by atoms with Crippen molar-refractivity contribution in [3.8, 4) is 0 Å². The molecule has 3 aliphatic rings. The van der Waals surface area contributed by atoms with E-state index in [4.69, 9.17) is 0 Å². The molecule has 0 spiro atoms. The number of hydrogen-bond donors (Lipinski definition) is 3. The summed E-state index contributed by atoms with van der Waals surface area (Å²) >= 11 is 0. The van der Waals surface area contributed by atoms with Crippen molar-refractivity contribution in [2.75, 3.05) is 26.2 Å². The first-order valence-corrected chi connectivity index (χ1v) is 10.6. The van der Waals surface area contributed by atoms with E-state index < -0.39 is 0 Å². The average molecular weight is 396 g/mol. The van der Waals surface area contributed by atoms with Gasteiger partial charge in [0.2, 0.25) is 0 Å². The molecule has 3 N–H and O–H groups in total. The normalized spacial score (nSPS) is 24.8. The number of likely N-dealkylation sites (tertiary alicyclic amines) is 1. The fourth-order valence-corrected chi connectivity index (χ4v) is 5.06. The number of nitrogens with zero attached hydrogens (tertiary/aromatic N) is 3. The Bertz CT molecular complexity index is 929. The standard InChI is InChI=1S/C21H28N6O2/c28-20(25-16-3-7-26(8-4-16)13-19-23-5-6-24-19)17-1-2-18-15-9-14(10-22-11-15)12-27(18)21(17)29/h1-2,5-6,14-16,22H,3-4,7-13H2,(H,23,24)(H,25,28)/t14-,15+/m0/s1. The van der Waals surface area contributed by atoms with Crippen molar-refractivity contribution in [1.82, 2.24) is 30.1 Å². The summed E-state index contributed by atoms with van der Waals surface area (Å²) in [5.41, 5.74) is 1.22. The van der Waals surface area contributed by atoms with E-state index in [9.17, 15) is 9.59 Å². The topological polar surface area (TPSA) is 95.1 Å². The number of aromatic amines is 1. The van der Waals surface area contributed by atoms with Crippen LogP contribution in [0.4, 0.5) is 0 Å². The Morgan fingerprint density at radius 1 is 1.24 bits per heavy atom. The number of imidazole rings is 1. The van der Waals surface area contributed by atoms with Gasteiger partial charge in [0.1, 0.15) is 11.4 Å². The molecule has 1 amide bonds. The number of hydrogen-bond acceptors (Lipinski definition) is 5. The maximum absolute atomic E-state index is 13.0. The molecular formula is C21H28N6O2. The Morgan fingerprint density at radius 3 is 2.90 bits per heavy atom. The smallest absolute Gasteiger partial charge is 0.263 e. The summed E-state index contributed by atoms with van der Waals surface area (Å²) < 4.78 is 1.85. The molecule has 3 aliphatic heterocycles. The number of carbonyl (C=O) groups is 1. The monoisotopic (exact) mass is 396 g/mol. The highest BCUT2D eigenvalue weighted by molar-refractivity contribution is 5.94. The first kappa shape index (κ1) is 18.6. The number of H-pyrrole nitrogens is 1. The Hall–Kier alpha value is -2.45. The summed E-state index contributed by atoms with van der Waals surface area (Å²) in [7, 11) is 0. The molecule has 8 nitrogen and oxygen atoms in total. The molecule has 0 aromatic carbocycles. The highest BCUT2D eigenvalue weighted by Crippen LogP contribution is 2.31. The van der Waals surface area contributed by atoms with Gasteiger partial charge in [-0.1, -0.05) is 0 Å². The number of fused-ring (bicyclic) bond motifs is 4. The fraction of sp³-hybridized carbons (Fsp3) is 0.571. The molecule has 154 valence electrons. The van der Waals surface area contributed by atoms with Crippen molar-refractivity contribution in [3.63, 3.8) is 0 Å². The van der Waals surface area contributed by atoms with Gasteiger partial charge >= 0.3 is 0 Å². The number of amides is 1. The third-order valence-corrected chi connectivity index (χ3v) is 6.60. The van der Waals surface area contributed by atoms with Crippen molar-refractivity contribution in [2.45, 2.75) is 44.3 Å². The van der Waals surface area contributed by atoms with Crippen LogP contribution < -0.4 is 16.2 Å². The lowest BCUT2D eigenvalue weighted by Gasteiger charge is -2.37. The minimum atomic E-state index is -0.233. The molecule has 0 saturated carbocycles. The number of piperidine rings is 2. The molecule has 0 unspecified atom stereocenters. The first-order chi connectivity index (χ1) is 14.2. The zero-order valence-electron chi connectivity index (χ0n) is 16.6. The Labute approximate surface area is 169 Å². The summed E-state index contributed by atoms with van der Waals surface area (Å²) in [4.78, 5) is 35.6. The van der Waals surface area contributed by atoms with Gasteiger partial charge < -0.3 is 20.2 Å². The number of pyridine rings is 1. The number of nitrogens with one attached hydrogen (secondary N) is 3.